The van der Waals surface area contributed by atoms with Crippen molar-refractivity contribution in [3.05, 3.63) is 35.9 Å². The molecule has 1 aliphatic rings. The molecule has 1 heterocycles. The van der Waals surface area contributed by atoms with Gasteiger partial charge in [-0.3, -0.25) is 14.5 Å². The van der Waals surface area contributed by atoms with Crippen LogP contribution >= 0.6 is 0 Å². The molecule has 116 valence electrons. The first-order valence-electron chi connectivity index (χ1n) is 6.52. The molecule has 0 aromatic heterocycles. The third-order valence-electron chi connectivity index (χ3n) is 3.29. The van der Waals surface area contributed by atoms with Crippen LogP contribution in [-0.2, 0) is 14.4 Å². The number of imide groups is 1. The Labute approximate surface area is 126 Å². The van der Waals surface area contributed by atoms with E-state index in [0.29, 0.717) is 5.56 Å². The number of likely N-dealkylation sites (N-methyl/N-ethyl adjacent to an activating group) is 1. The van der Waals surface area contributed by atoms with Gasteiger partial charge >= 0.3 is 12.0 Å². The lowest BCUT2D eigenvalue weighted by molar-refractivity contribution is -0.146. The van der Waals surface area contributed by atoms with Gasteiger partial charge in [0.2, 0.25) is 5.91 Å². The maximum atomic E-state index is 12.1. The number of carboxylic acids is 1. The standard InChI is InChI=1S/C14H15N3O5/c1-16-7-11(19)17(8-10(16)18)14(22)15-12(13(20)21)9-5-3-2-4-6-9/h2-6,12H,7-8H2,1H3,(H,15,22)(H,20,21). The number of rotatable bonds is 3. The molecular formula is C14H15N3O5. The Bertz CT molecular complexity index is 616. The van der Waals surface area contributed by atoms with Gasteiger partial charge in [0.1, 0.15) is 6.54 Å². The van der Waals surface area contributed by atoms with Crippen LogP contribution in [-0.4, -0.2) is 58.9 Å². The number of hydrogen-bond acceptors (Lipinski definition) is 4. The molecule has 1 aromatic carbocycles. The van der Waals surface area contributed by atoms with Crippen LogP contribution in [0.4, 0.5) is 4.79 Å². The van der Waals surface area contributed by atoms with Gasteiger partial charge in [-0.2, -0.15) is 0 Å². The van der Waals surface area contributed by atoms with Crippen molar-refractivity contribution < 1.29 is 24.3 Å². The van der Waals surface area contributed by atoms with Crippen molar-refractivity contribution in [2.45, 2.75) is 6.04 Å². The predicted octanol–water partition coefficient (Wildman–Crippen LogP) is -0.177. The van der Waals surface area contributed by atoms with Crippen molar-refractivity contribution in [3.63, 3.8) is 0 Å². The Balaban J connectivity index is 2.14. The van der Waals surface area contributed by atoms with E-state index >= 15 is 0 Å². The van der Waals surface area contributed by atoms with E-state index in [9.17, 15) is 24.3 Å². The minimum atomic E-state index is -1.30. The van der Waals surface area contributed by atoms with Crippen LogP contribution in [0.3, 0.4) is 0 Å². The molecule has 0 aliphatic carbocycles. The molecule has 0 radical (unpaired) electrons. The normalized spacial score (nSPS) is 16.4. The highest BCUT2D eigenvalue weighted by Crippen LogP contribution is 2.14. The Morgan fingerprint density at radius 3 is 2.36 bits per heavy atom. The van der Waals surface area contributed by atoms with Gasteiger partial charge < -0.3 is 15.3 Å². The number of piperazine rings is 1. The van der Waals surface area contributed by atoms with Crippen molar-refractivity contribution in [1.29, 1.82) is 0 Å². The summed E-state index contributed by atoms with van der Waals surface area (Å²) < 4.78 is 0. The summed E-state index contributed by atoms with van der Waals surface area (Å²) in [6.07, 6.45) is 0. The Morgan fingerprint density at radius 1 is 1.14 bits per heavy atom. The van der Waals surface area contributed by atoms with Crippen molar-refractivity contribution >= 4 is 23.8 Å². The molecule has 1 atom stereocenters. The third-order valence-corrected chi connectivity index (χ3v) is 3.29. The quantitative estimate of drug-likeness (QED) is 0.805. The van der Waals surface area contributed by atoms with Crippen LogP contribution in [0.5, 0.6) is 0 Å². The summed E-state index contributed by atoms with van der Waals surface area (Å²) in [5.41, 5.74) is 0.372. The van der Waals surface area contributed by atoms with Gasteiger partial charge in [0, 0.05) is 7.05 Å². The number of benzene rings is 1. The van der Waals surface area contributed by atoms with Gasteiger partial charge in [-0.15, -0.1) is 0 Å². The third kappa shape index (κ3) is 3.22. The van der Waals surface area contributed by atoms with E-state index in [2.05, 4.69) is 5.32 Å². The molecule has 8 nitrogen and oxygen atoms in total. The highest BCUT2D eigenvalue weighted by molar-refractivity contribution is 6.03. The second kappa shape index (κ2) is 6.25. The molecule has 1 aliphatic heterocycles. The number of carbonyl (C=O) groups excluding carboxylic acids is 3. The highest BCUT2D eigenvalue weighted by Gasteiger charge is 2.34. The topological polar surface area (TPSA) is 107 Å². The maximum absolute atomic E-state index is 12.1. The number of nitrogens with zero attached hydrogens (tertiary/aromatic N) is 2. The molecule has 1 fully saturated rings. The lowest BCUT2D eigenvalue weighted by Gasteiger charge is -2.31. The zero-order chi connectivity index (χ0) is 16.3. The molecule has 1 saturated heterocycles. The van der Waals surface area contributed by atoms with Crippen LogP contribution < -0.4 is 5.32 Å². The van der Waals surface area contributed by atoms with Crippen LogP contribution in [0.15, 0.2) is 30.3 Å². The molecule has 8 heteroatoms. The summed E-state index contributed by atoms with van der Waals surface area (Å²) in [5, 5.41) is 11.5. The zero-order valence-electron chi connectivity index (χ0n) is 11.9. The predicted molar refractivity (Wildman–Crippen MR) is 74.7 cm³/mol. The van der Waals surface area contributed by atoms with Crippen molar-refractivity contribution in [3.8, 4) is 0 Å². The molecule has 22 heavy (non-hydrogen) atoms. The van der Waals surface area contributed by atoms with Crippen LogP contribution in [0.1, 0.15) is 11.6 Å². The maximum Gasteiger partial charge on any atom is 0.330 e. The van der Waals surface area contributed by atoms with Gasteiger partial charge in [0.05, 0.1) is 6.54 Å². The van der Waals surface area contributed by atoms with E-state index in [1.807, 2.05) is 0 Å². The summed E-state index contributed by atoms with van der Waals surface area (Å²) in [7, 11) is 1.46. The van der Waals surface area contributed by atoms with E-state index in [-0.39, 0.29) is 12.5 Å². The second-order valence-electron chi connectivity index (χ2n) is 4.86. The molecule has 2 rings (SSSR count). The van der Waals surface area contributed by atoms with E-state index in [1.54, 1.807) is 30.3 Å². The van der Waals surface area contributed by atoms with Crippen LogP contribution in [0, 0.1) is 0 Å². The Hall–Kier alpha value is -2.90. The van der Waals surface area contributed by atoms with Crippen LogP contribution in [0.25, 0.3) is 0 Å². The summed E-state index contributed by atoms with van der Waals surface area (Å²) in [5.74, 6) is -2.20. The van der Waals surface area contributed by atoms with Gasteiger partial charge in [0.25, 0.3) is 5.91 Å². The minimum Gasteiger partial charge on any atom is -0.479 e. The van der Waals surface area contributed by atoms with Crippen molar-refractivity contribution in [1.82, 2.24) is 15.1 Å². The highest BCUT2D eigenvalue weighted by atomic mass is 16.4. The van der Waals surface area contributed by atoms with Gasteiger partial charge in [-0.1, -0.05) is 30.3 Å². The summed E-state index contributed by atoms with van der Waals surface area (Å²) in [6.45, 7) is -0.613. The number of hydrogen-bond donors (Lipinski definition) is 2. The number of urea groups is 1. The number of aliphatic carboxylic acids is 1. The Kier molecular flexibility index (Phi) is 4.40. The fourth-order valence-corrected chi connectivity index (χ4v) is 2.04. The number of carbonyl (C=O) groups is 4. The monoisotopic (exact) mass is 305 g/mol. The molecule has 0 saturated carbocycles. The smallest absolute Gasteiger partial charge is 0.330 e. The second-order valence-corrected chi connectivity index (χ2v) is 4.86. The number of nitrogens with one attached hydrogen (secondary N) is 1. The van der Waals surface area contributed by atoms with Crippen molar-refractivity contribution in [2.75, 3.05) is 20.1 Å². The molecule has 4 amide bonds. The summed E-state index contributed by atoms with van der Waals surface area (Å²) in [4.78, 5) is 48.7. The molecular weight excluding hydrogens is 290 g/mol. The minimum absolute atomic E-state index is 0.213. The molecule has 0 spiro atoms. The first-order valence-corrected chi connectivity index (χ1v) is 6.52. The average Bonchev–Trinajstić information content (AvgIpc) is 2.48. The van der Waals surface area contributed by atoms with E-state index in [1.165, 1.54) is 11.9 Å². The van der Waals surface area contributed by atoms with E-state index in [4.69, 9.17) is 0 Å². The zero-order valence-corrected chi connectivity index (χ0v) is 11.9. The SMILES string of the molecule is CN1CC(=O)N(C(=O)NC(C(=O)O)c2ccccc2)CC1=O. The first kappa shape index (κ1) is 15.5. The lowest BCUT2D eigenvalue weighted by Crippen LogP contribution is -2.57. The molecule has 1 unspecified atom stereocenters. The fourth-order valence-electron chi connectivity index (χ4n) is 2.04. The fraction of sp³-hybridized carbons (Fsp3) is 0.286. The van der Waals surface area contributed by atoms with E-state index in [0.717, 1.165) is 4.90 Å². The summed E-state index contributed by atoms with van der Waals surface area (Å²) >= 11 is 0. The molecule has 2 N–H and O–H groups in total. The first-order chi connectivity index (χ1) is 10.4. The van der Waals surface area contributed by atoms with Gasteiger partial charge in [0.15, 0.2) is 6.04 Å². The number of carboxylic acid groups (broad SMARTS) is 1. The van der Waals surface area contributed by atoms with Gasteiger partial charge in [-0.05, 0) is 5.56 Å². The summed E-state index contributed by atoms with van der Waals surface area (Å²) in [6, 6.07) is 5.90. The van der Waals surface area contributed by atoms with Crippen molar-refractivity contribution in [2.24, 2.45) is 0 Å². The number of amides is 4. The Morgan fingerprint density at radius 2 is 1.77 bits per heavy atom. The lowest BCUT2D eigenvalue weighted by atomic mass is 10.1. The average molecular weight is 305 g/mol. The van der Waals surface area contributed by atoms with Crippen LogP contribution in [0.2, 0.25) is 0 Å². The molecule has 1 aromatic rings. The van der Waals surface area contributed by atoms with Gasteiger partial charge in [-0.25, -0.2) is 9.59 Å². The molecule has 0 bridgehead atoms. The van der Waals surface area contributed by atoms with E-state index < -0.39 is 30.5 Å². The largest absolute Gasteiger partial charge is 0.479 e.